The molecule has 0 aliphatic heterocycles. The van der Waals surface area contributed by atoms with E-state index in [1.165, 1.54) is 12.3 Å². The van der Waals surface area contributed by atoms with E-state index < -0.39 is 17.9 Å². The van der Waals surface area contributed by atoms with Crippen LogP contribution in [0.3, 0.4) is 0 Å². The lowest BCUT2D eigenvalue weighted by Gasteiger charge is -2.15. The number of hydrogen-bond donors (Lipinski definition) is 3. The van der Waals surface area contributed by atoms with Crippen LogP contribution in [0.2, 0.25) is 0 Å². The third-order valence-corrected chi connectivity index (χ3v) is 2.71. The highest BCUT2D eigenvalue weighted by atomic mass is 16.4. The molecule has 2 aromatic rings. The van der Waals surface area contributed by atoms with Crippen molar-refractivity contribution in [3.63, 3.8) is 0 Å². The minimum atomic E-state index is -1.15. The van der Waals surface area contributed by atoms with Crippen LogP contribution in [0.15, 0.2) is 48.7 Å². The molecule has 1 aromatic carbocycles. The van der Waals surface area contributed by atoms with Gasteiger partial charge in [-0.3, -0.25) is 4.79 Å². The lowest BCUT2D eigenvalue weighted by atomic mass is 10.1. The molecule has 0 unspecified atom stereocenters. The lowest BCUT2D eigenvalue weighted by Crippen LogP contribution is -2.34. The number of hydrogen-bond acceptors (Lipinski definition) is 4. The van der Waals surface area contributed by atoms with Gasteiger partial charge in [0.1, 0.15) is 0 Å². The second-order valence-corrected chi connectivity index (χ2v) is 4.10. The number of carbonyl (C=O) groups excluding carboxylic acids is 1. The average Bonchev–Trinajstić information content (AvgIpc) is 2.45. The summed E-state index contributed by atoms with van der Waals surface area (Å²) in [4.78, 5) is 27.2. The highest BCUT2D eigenvalue weighted by molar-refractivity contribution is 5.99. The molecule has 1 heterocycles. The van der Waals surface area contributed by atoms with Gasteiger partial charge in [0.25, 0.3) is 5.91 Å². The molecule has 6 heteroatoms. The van der Waals surface area contributed by atoms with Gasteiger partial charge in [0.2, 0.25) is 0 Å². The van der Waals surface area contributed by atoms with Gasteiger partial charge >= 0.3 is 5.97 Å². The van der Waals surface area contributed by atoms with Crippen LogP contribution in [0.4, 0.5) is 5.69 Å². The maximum Gasteiger partial charge on any atom is 0.330 e. The van der Waals surface area contributed by atoms with Crippen LogP contribution in [0.25, 0.3) is 0 Å². The summed E-state index contributed by atoms with van der Waals surface area (Å²) in [6, 6.07) is 10.4. The number of benzene rings is 1. The van der Waals surface area contributed by atoms with Gasteiger partial charge in [0.15, 0.2) is 11.7 Å². The Labute approximate surface area is 115 Å². The van der Waals surface area contributed by atoms with E-state index in [1.807, 2.05) is 0 Å². The largest absolute Gasteiger partial charge is 0.479 e. The van der Waals surface area contributed by atoms with Crippen LogP contribution in [0.1, 0.15) is 22.1 Å². The molecule has 0 saturated heterocycles. The van der Waals surface area contributed by atoms with Crippen molar-refractivity contribution in [3.8, 4) is 0 Å². The summed E-state index contributed by atoms with van der Waals surface area (Å²) in [6.45, 7) is 0. The van der Waals surface area contributed by atoms with Crippen LogP contribution in [0.5, 0.6) is 0 Å². The summed E-state index contributed by atoms with van der Waals surface area (Å²) in [5, 5.41) is 11.6. The smallest absolute Gasteiger partial charge is 0.330 e. The molecule has 1 atom stereocenters. The summed E-state index contributed by atoms with van der Waals surface area (Å²) >= 11 is 0. The van der Waals surface area contributed by atoms with Gasteiger partial charge in [-0.05, 0) is 17.7 Å². The number of aromatic nitrogens is 1. The minimum Gasteiger partial charge on any atom is -0.479 e. The zero-order valence-corrected chi connectivity index (χ0v) is 10.5. The predicted molar refractivity (Wildman–Crippen MR) is 72.9 cm³/mol. The molecule has 20 heavy (non-hydrogen) atoms. The molecule has 0 spiro atoms. The quantitative estimate of drug-likeness (QED) is 0.775. The van der Waals surface area contributed by atoms with Gasteiger partial charge in [-0.15, -0.1) is 0 Å². The first-order valence-electron chi connectivity index (χ1n) is 5.88. The number of carboxylic acid groups (broad SMARTS) is 1. The number of amides is 1. The van der Waals surface area contributed by atoms with Crippen molar-refractivity contribution in [2.75, 3.05) is 5.73 Å². The van der Waals surface area contributed by atoms with Gasteiger partial charge in [-0.1, -0.05) is 30.3 Å². The van der Waals surface area contributed by atoms with Crippen LogP contribution in [0, 0.1) is 0 Å². The van der Waals surface area contributed by atoms with E-state index in [4.69, 9.17) is 5.73 Å². The first-order chi connectivity index (χ1) is 9.59. The van der Waals surface area contributed by atoms with E-state index >= 15 is 0 Å². The van der Waals surface area contributed by atoms with Gasteiger partial charge < -0.3 is 16.2 Å². The lowest BCUT2D eigenvalue weighted by molar-refractivity contribution is -0.139. The molecule has 2 rings (SSSR count). The third kappa shape index (κ3) is 2.92. The molecule has 6 nitrogen and oxygen atoms in total. The fraction of sp³-hybridized carbons (Fsp3) is 0.0714. The number of aliphatic carboxylic acids is 1. The Bertz CT molecular complexity index is 629. The van der Waals surface area contributed by atoms with E-state index in [1.54, 1.807) is 36.4 Å². The maximum atomic E-state index is 12.0. The van der Waals surface area contributed by atoms with Gasteiger partial charge in [-0.25, -0.2) is 9.78 Å². The number of carboxylic acids is 1. The highest BCUT2D eigenvalue weighted by Gasteiger charge is 2.23. The molecule has 0 saturated carbocycles. The molecule has 0 aliphatic rings. The first-order valence-corrected chi connectivity index (χ1v) is 5.88. The Morgan fingerprint density at radius 2 is 1.85 bits per heavy atom. The van der Waals surface area contributed by atoms with Crippen molar-refractivity contribution in [2.24, 2.45) is 0 Å². The Morgan fingerprint density at radius 3 is 2.45 bits per heavy atom. The number of nitrogen functional groups attached to an aromatic ring is 1. The van der Waals surface area contributed by atoms with E-state index in [0.717, 1.165) is 0 Å². The second-order valence-electron chi connectivity index (χ2n) is 4.10. The molecular formula is C14H13N3O3. The summed E-state index contributed by atoms with van der Waals surface area (Å²) in [5.74, 6) is -1.78. The molecule has 0 bridgehead atoms. The van der Waals surface area contributed by atoms with E-state index in [-0.39, 0.29) is 11.4 Å². The molecule has 4 N–H and O–H groups in total. The molecule has 1 aromatic heterocycles. The normalized spacial score (nSPS) is 11.6. The van der Waals surface area contributed by atoms with Crippen molar-refractivity contribution >= 4 is 17.6 Å². The van der Waals surface area contributed by atoms with Crippen LogP contribution in [-0.2, 0) is 4.79 Å². The maximum absolute atomic E-state index is 12.0. The fourth-order valence-corrected chi connectivity index (χ4v) is 1.74. The molecule has 102 valence electrons. The number of pyridine rings is 1. The predicted octanol–water partition coefficient (Wildman–Crippen LogP) is 1.22. The van der Waals surface area contributed by atoms with Gasteiger partial charge in [0.05, 0.1) is 5.69 Å². The third-order valence-electron chi connectivity index (χ3n) is 2.71. The van der Waals surface area contributed by atoms with Gasteiger partial charge in [0, 0.05) is 6.20 Å². The van der Waals surface area contributed by atoms with Crippen LogP contribution in [-0.4, -0.2) is 22.0 Å². The molecule has 0 fully saturated rings. The monoisotopic (exact) mass is 271 g/mol. The number of nitrogens with one attached hydrogen (secondary N) is 1. The summed E-state index contributed by atoms with van der Waals surface area (Å²) in [7, 11) is 0. The van der Waals surface area contributed by atoms with Crippen LogP contribution >= 0.6 is 0 Å². The van der Waals surface area contributed by atoms with Crippen LogP contribution < -0.4 is 11.1 Å². The highest BCUT2D eigenvalue weighted by Crippen LogP contribution is 2.15. The number of nitrogens with two attached hydrogens (primary N) is 1. The van der Waals surface area contributed by atoms with Gasteiger partial charge in [-0.2, -0.15) is 0 Å². The average molecular weight is 271 g/mol. The topological polar surface area (TPSA) is 105 Å². The molecular weight excluding hydrogens is 258 g/mol. The summed E-state index contributed by atoms with van der Waals surface area (Å²) in [6.07, 6.45) is 1.42. The van der Waals surface area contributed by atoms with Crippen molar-refractivity contribution in [1.29, 1.82) is 0 Å². The number of carbonyl (C=O) groups is 2. The van der Waals surface area contributed by atoms with E-state index in [9.17, 15) is 14.7 Å². The fourth-order valence-electron chi connectivity index (χ4n) is 1.74. The summed E-state index contributed by atoms with van der Waals surface area (Å²) < 4.78 is 0. The molecule has 0 radical (unpaired) electrons. The Kier molecular flexibility index (Phi) is 3.95. The zero-order valence-electron chi connectivity index (χ0n) is 10.5. The van der Waals surface area contributed by atoms with Crippen molar-refractivity contribution in [1.82, 2.24) is 10.3 Å². The van der Waals surface area contributed by atoms with Crippen molar-refractivity contribution in [2.45, 2.75) is 6.04 Å². The van der Waals surface area contributed by atoms with Crippen molar-refractivity contribution < 1.29 is 14.7 Å². The van der Waals surface area contributed by atoms with Crippen molar-refractivity contribution in [3.05, 3.63) is 59.9 Å². The second kappa shape index (κ2) is 5.83. The van der Waals surface area contributed by atoms with E-state index in [2.05, 4.69) is 10.3 Å². The minimum absolute atomic E-state index is 0.00896. The Morgan fingerprint density at radius 1 is 1.15 bits per heavy atom. The summed E-state index contributed by atoms with van der Waals surface area (Å²) in [5.41, 5.74) is 6.32. The number of nitrogens with zero attached hydrogens (tertiary/aromatic N) is 1. The Hall–Kier alpha value is -2.89. The molecule has 1 amide bonds. The first kappa shape index (κ1) is 13.5. The standard InChI is InChI=1S/C14H13N3O3/c15-10-7-4-8-16-12(10)13(18)17-11(14(19)20)9-5-2-1-3-6-9/h1-8,11H,15H2,(H,17,18)(H,19,20)/t11-/m1/s1. The Balaban J connectivity index is 2.24. The van der Waals surface area contributed by atoms with E-state index in [0.29, 0.717) is 5.56 Å². The zero-order chi connectivity index (χ0) is 14.5. The SMILES string of the molecule is Nc1cccnc1C(=O)N[C@@H](C(=O)O)c1ccccc1. The number of anilines is 1. The number of rotatable bonds is 4. The molecule has 0 aliphatic carbocycles.